The largest absolute Gasteiger partial charge is 0.494 e. The summed E-state index contributed by atoms with van der Waals surface area (Å²) < 4.78 is 8.02. The van der Waals surface area contributed by atoms with Gasteiger partial charge in [0.1, 0.15) is 5.75 Å². The maximum Gasteiger partial charge on any atom is 0.191 e. The lowest BCUT2D eigenvalue weighted by molar-refractivity contribution is 0.104. The van der Waals surface area contributed by atoms with Gasteiger partial charge in [-0.05, 0) is 68.3 Å². The molecule has 0 spiro atoms. The van der Waals surface area contributed by atoms with E-state index in [0.29, 0.717) is 12.2 Å². The monoisotopic (exact) mass is 484 g/mol. The number of ketones is 1. The maximum absolute atomic E-state index is 12.4. The first kappa shape index (κ1) is 24.4. The molecule has 0 unspecified atom stereocenters. The van der Waals surface area contributed by atoms with Crippen LogP contribution in [0.1, 0.15) is 42.2 Å². The average Bonchev–Trinajstić information content (AvgIpc) is 3.33. The van der Waals surface area contributed by atoms with Gasteiger partial charge in [-0.25, -0.2) is 0 Å². The first-order valence-corrected chi connectivity index (χ1v) is 12.6. The van der Waals surface area contributed by atoms with Gasteiger partial charge in [0.15, 0.2) is 16.8 Å². The molecule has 0 amide bonds. The van der Waals surface area contributed by atoms with Crippen LogP contribution in [0.5, 0.6) is 5.75 Å². The minimum atomic E-state index is -0.0304. The van der Waals surface area contributed by atoms with E-state index < -0.39 is 0 Å². The summed E-state index contributed by atoms with van der Waals surface area (Å²) in [5.74, 6) is 2.44. The van der Waals surface area contributed by atoms with Crippen LogP contribution in [0.15, 0.2) is 90.4 Å². The van der Waals surface area contributed by atoms with Gasteiger partial charge in [0, 0.05) is 35.3 Å². The van der Waals surface area contributed by atoms with Gasteiger partial charge in [-0.2, -0.15) is 0 Å². The molecule has 2 aromatic heterocycles. The standard InChI is InChI=1S/C28H28N4O2S/c1-21(2)32-27(24-15-17-29-18-16-24)30-31-28(32)35-20-6-19-34-25-12-10-23(11-13-25)26(33)14-9-22-7-4-3-5-8-22/h3-5,7-18,21H,6,19-20H2,1-2H3/b14-9+. The normalized spacial score (nSPS) is 11.3. The molecule has 35 heavy (non-hydrogen) atoms. The van der Waals surface area contributed by atoms with Crippen LogP contribution in [-0.4, -0.2) is 37.9 Å². The molecular formula is C28H28N4O2S. The number of aromatic nitrogens is 4. The van der Waals surface area contributed by atoms with Crippen LogP contribution < -0.4 is 4.74 Å². The summed E-state index contributed by atoms with van der Waals surface area (Å²) >= 11 is 1.68. The molecule has 0 aliphatic rings. The van der Waals surface area contributed by atoms with E-state index in [1.165, 1.54) is 0 Å². The van der Waals surface area contributed by atoms with Gasteiger partial charge in [0.25, 0.3) is 0 Å². The molecule has 0 N–H and O–H groups in total. The van der Waals surface area contributed by atoms with Gasteiger partial charge in [0.05, 0.1) is 6.61 Å². The van der Waals surface area contributed by atoms with Gasteiger partial charge < -0.3 is 4.74 Å². The zero-order valence-corrected chi connectivity index (χ0v) is 20.7. The Labute approximate surface area is 210 Å². The third kappa shape index (κ3) is 6.67. The number of hydrogen-bond donors (Lipinski definition) is 0. The van der Waals surface area contributed by atoms with Crippen molar-refractivity contribution in [2.45, 2.75) is 31.5 Å². The predicted octanol–water partition coefficient (Wildman–Crippen LogP) is 6.38. The maximum atomic E-state index is 12.4. The summed E-state index contributed by atoms with van der Waals surface area (Å²) in [4.78, 5) is 16.5. The SMILES string of the molecule is CC(C)n1c(SCCCOc2ccc(C(=O)/C=C/c3ccccc3)cc2)nnc1-c1ccncc1. The highest BCUT2D eigenvalue weighted by Gasteiger charge is 2.16. The van der Waals surface area contributed by atoms with E-state index in [1.807, 2.05) is 60.7 Å². The van der Waals surface area contributed by atoms with E-state index in [2.05, 4.69) is 33.6 Å². The Kier molecular flexibility index (Phi) is 8.46. The molecule has 0 saturated heterocycles. The Bertz CT molecular complexity index is 1250. The minimum Gasteiger partial charge on any atom is -0.494 e. The molecule has 2 heterocycles. The van der Waals surface area contributed by atoms with Gasteiger partial charge in [0.2, 0.25) is 0 Å². The van der Waals surface area contributed by atoms with E-state index >= 15 is 0 Å². The number of nitrogens with zero attached hydrogens (tertiary/aromatic N) is 4. The highest BCUT2D eigenvalue weighted by Crippen LogP contribution is 2.27. The average molecular weight is 485 g/mol. The second-order valence-electron chi connectivity index (χ2n) is 8.19. The van der Waals surface area contributed by atoms with Gasteiger partial charge in [-0.3, -0.25) is 14.3 Å². The van der Waals surface area contributed by atoms with Crippen LogP contribution in [0.4, 0.5) is 0 Å². The van der Waals surface area contributed by atoms with Crippen molar-refractivity contribution in [1.29, 1.82) is 0 Å². The second kappa shape index (κ2) is 12.1. The molecular weight excluding hydrogens is 456 g/mol. The van der Waals surface area contributed by atoms with Gasteiger partial charge in [-0.1, -0.05) is 48.2 Å². The van der Waals surface area contributed by atoms with E-state index in [0.717, 1.165) is 40.0 Å². The summed E-state index contributed by atoms with van der Waals surface area (Å²) in [7, 11) is 0. The fourth-order valence-corrected chi connectivity index (χ4v) is 4.48. The Morgan fingerprint density at radius 3 is 2.46 bits per heavy atom. The first-order chi connectivity index (χ1) is 17.1. The van der Waals surface area contributed by atoms with Crippen LogP contribution in [0.3, 0.4) is 0 Å². The van der Waals surface area contributed by atoms with Crippen LogP contribution in [0.2, 0.25) is 0 Å². The Balaban J connectivity index is 1.25. The minimum absolute atomic E-state index is 0.0304. The van der Waals surface area contributed by atoms with Crippen LogP contribution in [0.25, 0.3) is 17.5 Å². The van der Waals surface area contributed by atoms with Gasteiger partial charge >= 0.3 is 0 Å². The topological polar surface area (TPSA) is 69.9 Å². The highest BCUT2D eigenvalue weighted by molar-refractivity contribution is 7.99. The molecule has 7 heteroatoms. The lowest BCUT2D eigenvalue weighted by atomic mass is 10.1. The summed E-state index contributed by atoms with van der Waals surface area (Å²) in [5, 5.41) is 9.72. The van der Waals surface area contributed by atoms with Crippen molar-refractivity contribution in [1.82, 2.24) is 19.7 Å². The number of rotatable bonds is 11. The number of carbonyl (C=O) groups excluding carboxylic acids is 1. The van der Waals surface area contributed by atoms with Crippen molar-refractivity contribution >= 4 is 23.6 Å². The number of hydrogen-bond acceptors (Lipinski definition) is 6. The number of ether oxygens (including phenoxy) is 1. The van der Waals surface area contributed by atoms with Crippen molar-refractivity contribution in [2.75, 3.05) is 12.4 Å². The van der Waals surface area contributed by atoms with Crippen molar-refractivity contribution in [3.8, 4) is 17.1 Å². The quantitative estimate of drug-likeness (QED) is 0.106. The van der Waals surface area contributed by atoms with Crippen molar-refractivity contribution in [3.05, 3.63) is 96.3 Å². The van der Waals surface area contributed by atoms with E-state index in [-0.39, 0.29) is 11.8 Å². The molecule has 178 valence electrons. The fraction of sp³-hybridized carbons (Fsp3) is 0.214. The number of carbonyl (C=O) groups is 1. The summed E-state index contributed by atoms with van der Waals surface area (Å²) in [6.45, 7) is 4.85. The van der Waals surface area contributed by atoms with E-state index in [1.54, 1.807) is 42.4 Å². The molecule has 4 rings (SSSR count). The Morgan fingerprint density at radius 1 is 1.00 bits per heavy atom. The van der Waals surface area contributed by atoms with Crippen molar-refractivity contribution < 1.29 is 9.53 Å². The summed E-state index contributed by atoms with van der Waals surface area (Å²) in [6.07, 6.45) is 7.81. The van der Waals surface area contributed by atoms with Crippen LogP contribution >= 0.6 is 11.8 Å². The molecule has 2 aromatic carbocycles. The number of benzene rings is 2. The van der Waals surface area contributed by atoms with Crippen molar-refractivity contribution in [3.63, 3.8) is 0 Å². The first-order valence-electron chi connectivity index (χ1n) is 11.6. The molecule has 0 radical (unpaired) electrons. The molecule has 4 aromatic rings. The van der Waals surface area contributed by atoms with Gasteiger partial charge in [-0.15, -0.1) is 10.2 Å². The lowest BCUT2D eigenvalue weighted by Crippen LogP contribution is -2.06. The molecule has 6 nitrogen and oxygen atoms in total. The zero-order valence-electron chi connectivity index (χ0n) is 19.9. The second-order valence-corrected chi connectivity index (χ2v) is 9.25. The Morgan fingerprint density at radius 2 is 1.74 bits per heavy atom. The molecule has 0 aliphatic carbocycles. The number of pyridine rings is 1. The number of thioether (sulfide) groups is 1. The van der Waals surface area contributed by atoms with E-state index in [9.17, 15) is 4.79 Å². The molecule has 0 aliphatic heterocycles. The zero-order chi connectivity index (χ0) is 24.5. The molecule has 0 bridgehead atoms. The molecule has 0 fully saturated rings. The smallest absolute Gasteiger partial charge is 0.191 e. The van der Waals surface area contributed by atoms with Crippen LogP contribution in [0, 0.1) is 0 Å². The summed E-state index contributed by atoms with van der Waals surface area (Å²) in [6, 6.07) is 21.2. The van der Waals surface area contributed by atoms with E-state index in [4.69, 9.17) is 4.74 Å². The molecule has 0 atom stereocenters. The number of allylic oxidation sites excluding steroid dienone is 1. The predicted molar refractivity (Wildman–Crippen MR) is 141 cm³/mol. The summed E-state index contributed by atoms with van der Waals surface area (Å²) in [5.41, 5.74) is 2.64. The third-order valence-electron chi connectivity index (χ3n) is 5.27. The third-order valence-corrected chi connectivity index (χ3v) is 6.30. The Hall–Kier alpha value is -3.71. The lowest BCUT2D eigenvalue weighted by Gasteiger charge is -2.13. The molecule has 0 saturated carbocycles. The fourth-order valence-electron chi connectivity index (χ4n) is 3.50. The highest BCUT2D eigenvalue weighted by atomic mass is 32.2. The van der Waals surface area contributed by atoms with Crippen molar-refractivity contribution in [2.24, 2.45) is 0 Å². The van der Waals surface area contributed by atoms with Crippen LogP contribution in [-0.2, 0) is 0 Å².